The van der Waals surface area contributed by atoms with Crippen LogP contribution in [0.25, 0.3) is 0 Å². The SMILES string of the molecule is COCC(C)NCC(=O)N1CCCc2ccccc21. The van der Waals surface area contributed by atoms with Gasteiger partial charge in [-0.2, -0.15) is 0 Å². The highest BCUT2D eigenvalue weighted by atomic mass is 16.5. The van der Waals surface area contributed by atoms with Crippen molar-refractivity contribution >= 4 is 11.6 Å². The zero-order valence-corrected chi connectivity index (χ0v) is 11.7. The maximum atomic E-state index is 12.3. The third-order valence-electron chi connectivity index (χ3n) is 3.43. The van der Waals surface area contributed by atoms with E-state index in [0.717, 1.165) is 25.1 Å². The van der Waals surface area contributed by atoms with Gasteiger partial charge in [0, 0.05) is 25.4 Å². The van der Waals surface area contributed by atoms with E-state index in [4.69, 9.17) is 4.74 Å². The summed E-state index contributed by atoms with van der Waals surface area (Å²) in [6.45, 7) is 3.81. The summed E-state index contributed by atoms with van der Waals surface area (Å²) in [6.07, 6.45) is 2.10. The molecule has 1 aliphatic rings. The standard InChI is InChI=1S/C15H22N2O2/c1-12(11-19-2)16-10-15(18)17-9-5-7-13-6-3-4-8-14(13)17/h3-4,6,8,12,16H,5,7,9-11H2,1-2H3. The molecule has 1 amide bonds. The topological polar surface area (TPSA) is 41.6 Å². The predicted molar refractivity (Wildman–Crippen MR) is 76.5 cm³/mol. The van der Waals surface area contributed by atoms with Crippen LogP contribution in [0.2, 0.25) is 0 Å². The Morgan fingerprint density at radius 1 is 1.47 bits per heavy atom. The summed E-state index contributed by atoms with van der Waals surface area (Å²) in [7, 11) is 1.67. The molecule has 1 atom stereocenters. The van der Waals surface area contributed by atoms with E-state index in [1.165, 1.54) is 5.56 Å². The lowest BCUT2D eigenvalue weighted by Gasteiger charge is -2.30. The molecule has 0 aromatic heterocycles. The number of nitrogens with one attached hydrogen (secondary N) is 1. The van der Waals surface area contributed by atoms with E-state index in [0.29, 0.717) is 13.2 Å². The molecule has 4 heteroatoms. The molecule has 1 heterocycles. The van der Waals surface area contributed by atoms with Gasteiger partial charge in [-0.25, -0.2) is 0 Å². The molecule has 0 saturated heterocycles. The van der Waals surface area contributed by atoms with Crippen LogP contribution in [0.5, 0.6) is 0 Å². The second kappa shape index (κ2) is 6.68. The van der Waals surface area contributed by atoms with Crippen molar-refractivity contribution in [2.45, 2.75) is 25.8 Å². The minimum Gasteiger partial charge on any atom is -0.383 e. The summed E-state index contributed by atoms with van der Waals surface area (Å²) < 4.78 is 5.05. The number of aryl methyl sites for hydroxylation is 1. The Morgan fingerprint density at radius 3 is 3.05 bits per heavy atom. The van der Waals surface area contributed by atoms with Crippen molar-refractivity contribution in [1.29, 1.82) is 0 Å². The van der Waals surface area contributed by atoms with Crippen LogP contribution in [-0.4, -0.2) is 38.8 Å². The zero-order chi connectivity index (χ0) is 13.7. The number of amides is 1. The first-order valence-corrected chi connectivity index (χ1v) is 6.83. The Morgan fingerprint density at radius 2 is 2.26 bits per heavy atom. The van der Waals surface area contributed by atoms with Gasteiger partial charge in [-0.1, -0.05) is 18.2 Å². The lowest BCUT2D eigenvalue weighted by Crippen LogP contribution is -2.44. The van der Waals surface area contributed by atoms with Gasteiger partial charge in [0.15, 0.2) is 0 Å². The van der Waals surface area contributed by atoms with Gasteiger partial charge in [0.1, 0.15) is 0 Å². The number of benzene rings is 1. The zero-order valence-electron chi connectivity index (χ0n) is 11.7. The average Bonchev–Trinajstić information content (AvgIpc) is 2.44. The second-order valence-corrected chi connectivity index (χ2v) is 5.01. The number of fused-ring (bicyclic) bond motifs is 1. The molecular formula is C15H22N2O2. The molecule has 0 spiro atoms. The third kappa shape index (κ3) is 3.55. The van der Waals surface area contributed by atoms with Gasteiger partial charge in [-0.05, 0) is 31.4 Å². The number of anilines is 1. The molecule has 0 radical (unpaired) electrons. The Labute approximate surface area is 114 Å². The molecule has 19 heavy (non-hydrogen) atoms. The van der Waals surface area contributed by atoms with Crippen LogP contribution in [0, 0.1) is 0 Å². The smallest absolute Gasteiger partial charge is 0.240 e. The fourth-order valence-electron chi connectivity index (χ4n) is 2.46. The van der Waals surface area contributed by atoms with E-state index >= 15 is 0 Å². The average molecular weight is 262 g/mol. The second-order valence-electron chi connectivity index (χ2n) is 5.01. The van der Waals surface area contributed by atoms with E-state index in [2.05, 4.69) is 11.4 Å². The van der Waals surface area contributed by atoms with Crippen molar-refractivity contribution in [1.82, 2.24) is 5.32 Å². The van der Waals surface area contributed by atoms with Crippen LogP contribution in [0.3, 0.4) is 0 Å². The summed E-state index contributed by atoms with van der Waals surface area (Å²) in [5, 5.41) is 3.20. The number of para-hydroxylation sites is 1. The van der Waals surface area contributed by atoms with Gasteiger partial charge < -0.3 is 15.0 Å². The first kappa shape index (κ1) is 14.0. The van der Waals surface area contributed by atoms with Crippen LogP contribution >= 0.6 is 0 Å². The molecule has 0 bridgehead atoms. The maximum absolute atomic E-state index is 12.3. The number of nitrogens with zero attached hydrogens (tertiary/aromatic N) is 1. The van der Waals surface area contributed by atoms with E-state index in [1.54, 1.807) is 7.11 Å². The van der Waals surface area contributed by atoms with E-state index in [9.17, 15) is 4.79 Å². The molecule has 1 unspecified atom stereocenters. The number of carbonyl (C=O) groups is 1. The summed E-state index contributed by atoms with van der Waals surface area (Å²) >= 11 is 0. The van der Waals surface area contributed by atoms with Crippen molar-refractivity contribution < 1.29 is 9.53 Å². The van der Waals surface area contributed by atoms with Gasteiger partial charge in [0.05, 0.1) is 13.2 Å². The van der Waals surface area contributed by atoms with Crippen molar-refractivity contribution in [3.8, 4) is 0 Å². The van der Waals surface area contributed by atoms with Gasteiger partial charge in [-0.15, -0.1) is 0 Å². The molecule has 0 aliphatic carbocycles. The lowest BCUT2D eigenvalue weighted by atomic mass is 10.0. The number of hydrogen-bond donors (Lipinski definition) is 1. The highest BCUT2D eigenvalue weighted by Crippen LogP contribution is 2.26. The van der Waals surface area contributed by atoms with E-state index in [-0.39, 0.29) is 11.9 Å². The number of methoxy groups -OCH3 is 1. The van der Waals surface area contributed by atoms with Crippen LogP contribution < -0.4 is 10.2 Å². The number of ether oxygens (including phenoxy) is 1. The quantitative estimate of drug-likeness (QED) is 0.876. The van der Waals surface area contributed by atoms with Crippen LogP contribution in [0.1, 0.15) is 18.9 Å². The fraction of sp³-hybridized carbons (Fsp3) is 0.533. The van der Waals surface area contributed by atoms with E-state index in [1.807, 2.05) is 30.0 Å². The minimum atomic E-state index is 0.134. The molecule has 104 valence electrons. The van der Waals surface area contributed by atoms with Crippen molar-refractivity contribution in [2.75, 3.05) is 31.7 Å². The monoisotopic (exact) mass is 262 g/mol. The molecule has 1 aromatic rings. The summed E-state index contributed by atoms with van der Waals surface area (Å²) in [4.78, 5) is 14.2. The van der Waals surface area contributed by atoms with Gasteiger partial charge in [0.25, 0.3) is 0 Å². The molecule has 2 rings (SSSR count). The normalized spacial score (nSPS) is 16.0. The summed E-state index contributed by atoms with van der Waals surface area (Å²) in [5.41, 5.74) is 2.34. The Kier molecular flexibility index (Phi) is 4.93. The van der Waals surface area contributed by atoms with Crippen molar-refractivity contribution in [2.24, 2.45) is 0 Å². The molecule has 1 aliphatic heterocycles. The number of carbonyl (C=O) groups excluding carboxylic acids is 1. The highest BCUT2D eigenvalue weighted by Gasteiger charge is 2.21. The van der Waals surface area contributed by atoms with Crippen molar-refractivity contribution in [3.63, 3.8) is 0 Å². The lowest BCUT2D eigenvalue weighted by molar-refractivity contribution is -0.118. The third-order valence-corrected chi connectivity index (χ3v) is 3.43. The van der Waals surface area contributed by atoms with Crippen molar-refractivity contribution in [3.05, 3.63) is 29.8 Å². The number of hydrogen-bond acceptors (Lipinski definition) is 3. The minimum absolute atomic E-state index is 0.134. The van der Waals surface area contributed by atoms with Crippen LogP contribution in [0.4, 0.5) is 5.69 Å². The van der Waals surface area contributed by atoms with Crippen LogP contribution in [-0.2, 0) is 16.0 Å². The predicted octanol–water partition coefficient (Wildman–Crippen LogP) is 1.59. The largest absolute Gasteiger partial charge is 0.383 e. The van der Waals surface area contributed by atoms with Crippen LogP contribution in [0.15, 0.2) is 24.3 Å². The Bertz CT molecular complexity index is 434. The first-order valence-electron chi connectivity index (χ1n) is 6.83. The van der Waals surface area contributed by atoms with Gasteiger partial charge in [0.2, 0.25) is 5.91 Å². The first-order chi connectivity index (χ1) is 9.22. The maximum Gasteiger partial charge on any atom is 0.240 e. The Hall–Kier alpha value is -1.39. The molecule has 1 aromatic carbocycles. The number of rotatable bonds is 5. The fourth-order valence-corrected chi connectivity index (χ4v) is 2.46. The summed E-state index contributed by atoms with van der Waals surface area (Å²) in [6, 6.07) is 8.35. The Balaban J connectivity index is 1.97. The highest BCUT2D eigenvalue weighted by molar-refractivity contribution is 5.95. The van der Waals surface area contributed by atoms with Gasteiger partial charge in [-0.3, -0.25) is 4.79 Å². The molecule has 4 nitrogen and oxygen atoms in total. The molecule has 0 saturated carbocycles. The van der Waals surface area contributed by atoms with Gasteiger partial charge >= 0.3 is 0 Å². The van der Waals surface area contributed by atoms with E-state index < -0.39 is 0 Å². The molecular weight excluding hydrogens is 240 g/mol. The summed E-state index contributed by atoms with van der Waals surface area (Å²) in [5.74, 6) is 0.134. The molecule has 0 fully saturated rings. The molecule has 1 N–H and O–H groups in total.